The highest BCUT2D eigenvalue weighted by Crippen LogP contribution is 2.32. The fourth-order valence-electron chi connectivity index (χ4n) is 4.07. The van der Waals surface area contributed by atoms with Crippen molar-refractivity contribution in [3.8, 4) is 0 Å². The number of benzene rings is 1. The molecule has 1 atom stereocenters. The Balaban J connectivity index is 1.29. The molecule has 4 rings (SSSR count). The summed E-state index contributed by atoms with van der Waals surface area (Å²) in [5, 5.41) is 12.8. The van der Waals surface area contributed by atoms with Gasteiger partial charge in [0, 0.05) is 32.7 Å². The summed E-state index contributed by atoms with van der Waals surface area (Å²) in [4.78, 5) is 17.3. The fraction of sp³-hybridized carbons (Fsp3) is 0.600. The van der Waals surface area contributed by atoms with Crippen LogP contribution in [0.25, 0.3) is 0 Å². The van der Waals surface area contributed by atoms with Crippen LogP contribution in [-0.2, 0) is 11.3 Å². The first-order chi connectivity index (χ1) is 13.7. The zero-order valence-electron chi connectivity index (χ0n) is 16.4. The highest BCUT2D eigenvalue weighted by atomic mass is 32.2. The molecule has 1 aliphatic carbocycles. The molecular formula is C20H28N6OS. The Labute approximate surface area is 170 Å². The van der Waals surface area contributed by atoms with E-state index in [-0.39, 0.29) is 11.2 Å². The van der Waals surface area contributed by atoms with Crippen LogP contribution in [0.4, 0.5) is 0 Å². The maximum absolute atomic E-state index is 12.9. The van der Waals surface area contributed by atoms with Gasteiger partial charge in [0.25, 0.3) is 0 Å². The van der Waals surface area contributed by atoms with Crippen molar-refractivity contribution in [1.82, 2.24) is 30.0 Å². The number of thioether (sulfide) groups is 1. The van der Waals surface area contributed by atoms with Crippen molar-refractivity contribution in [3.05, 3.63) is 35.9 Å². The Morgan fingerprint density at radius 3 is 2.57 bits per heavy atom. The number of carbonyl (C=O) groups is 1. The summed E-state index contributed by atoms with van der Waals surface area (Å²) in [5.74, 6) is 0.185. The predicted octanol–water partition coefficient (Wildman–Crippen LogP) is 2.61. The van der Waals surface area contributed by atoms with Gasteiger partial charge in [0.15, 0.2) is 0 Å². The first kappa shape index (κ1) is 19.4. The lowest BCUT2D eigenvalue weighted by molar-refractivity contribution is -0.132. The van der Waals surface area contributed by atoms with Crippen molar-refractivity contribution in [1.29, 1.82) is 0 Å². The molecule has 1 aromatic carbocycles. The van der Waals surface area contributed by atoms with Crippen molar-refractivity contribution < 1.29 is 4.79 Å². The van der Waals surface area contributed by atoms with Gasteiger partial charge in [-0.05, 0) is 35.8 Å². The van der Waals surface area contributed by atoms with Crippen LogP contribution in [0.2, 0.25) is 0 Å². The Morgan fingerprint density at radius 1 is 1.14 bits per heavy atom. The minimum atomic E-state index is -0.174. The molecule has 7 nitrogen and oxygen atoms in total. The Bertz CT molecular complexity index is 768. The van der Waals surface area contributed by atoms with Crippen LogP contribution in [0.1, 0.15) is 44.2 Å². The minimum absolute atomic E-state index is 0.174. The number of aromatic nitrogens is 4. The number of amides is 1. The highest BCUT2D eigenvalue weighted by molar-refractivity contribution is 8.00. The molecule has 150 valence electrons. The van der Waals surface area contributed by atoms with Gasteiger partial charge in [-0.3, -0.25) is 9.69 Å². The average Bonchev–Trinajstić information content (AvgIpc) is 3.40. The third-order valence-electron chi connectivity index (χ3n) is 5.70. The van der Waals surface area contributed by atoms with E-state index in [9.17, 15) is 4.79 Å². The van der Waals surface area contributed by atoms with E-state index in [1.54, 1.807) is 0 Å². The summed E-state index contributed by atoms with van der Waals surface area (Å²) in [6.45, 7) is 6.31. The van der Waals surface area contributed by atoms with E-state index in [0.717, 1.165) is 50.7 Å². The van der Waals surface area contributed by atoms with Gasteiger partial charge in [0.1, 0.15) is 0 Å². The first-order valence-corrected chi connectivity index (χ1v) is 11.1. The lowest BCUT2D eigenvalue weighted by Gasteiger charge is -2.35. The van der Waals surface area contributed by atoms with Crippen molar-refractivity contribution in [2.45, 2.75) is 55.6 Å². The smallest absolute Gasteiger partial charge is 0.235 e. The second kappa shape index (κ2) is 9.05. The van der Waals surface area contributed by atoms with Crippen LogP contribution in [-0.4, -0.2) is 67.3 Å². The quantitative estimate of drug-likeness (QED) is 0.695. The topological polar surface area (TPSA) is 67.2 Å². The number of piperazine rings is 1. The summed E-state index contributed by atoms with van der Waals surface area (Å²) >= 11 is 1.49. The Hall–Kier alpha value is -1.93. The molecule has 0 radical (unpaired) electrons. The number of tetrazole rings is 1. The van der Waals surface area contributed by atoms with Crippen molar-refractivity contribution in [2.75, 3.05) is 26.2 Å². The van der Waals surface area contributed by atoms with Gasteiger partial charge in [0.2, 0.25) is 11.1 Å². The highest BCUT2D eigenvalue weighted by Gasteiger charge is 2.28. The predicted molar refractivity (Wildman–Crippen MR) is 109 cm³/mol. The molecule has 2 fully saturated rings. The molecule has 1 saturated heterocycles. The zero-order valence-corrected chi connectivity index (χ0v) is 17.2. The Kier molecular flexibility index (Phi) is 6.26. The molecule has 0 unspecified atom stereocenters. The third kappa shape index (κ3) is 4.55. The van der Waals surface area contributed by atoms with Gasteiger partial charge in [-0.25, -0.2) is 4.68 Å². The minimum Gasteiger partial charge on any atom is -0.339 e. The second-order valence-corrected chi connectivity index (χ2v) is 9.00. The van der Waals surface area contributed by atoms with E-state index in [1.807, 2.05) is 22.6 Å². The molecule has 1 saturated carbocycles. The zero-order chi connectivity index (χ0) is 19.3. The summed E-state index contributed by atoms with van der Waals surface area (Å²) < 4.78 is 1.93. The number of hydrogen-bond acceptors (Lipinski definition) is 6. The molecule has 0 bridgehead atoms. The lowest BCUT2D eigenvalue weighted by atomic mass is 10.2. The van der Waals surface area contributed by atoms with E-state index in [0.29, 0.717) is 6.04 Å². The van der Waals surface area contributed by atoms with E-state index in [4.69, 9.17) is 0 Å². The fourth-order valence-corrected chi connectivity index (χ4v) is 5.02. The number of nitrogens with zero attached hydrogens (tertiary/aromatic N) is 6. The van der Waals surface area contributed by atoms with Gasteiger partial charge >= 0.3 is 0 Å². The maximum atomic E-state index is 12.9. The Morgan fingerprint density at radius 2 is 1.86 bits per heavy atom. The molecule has 2 aromatic rings. The molecule has 2 heterocycles. The van der Waals surface area contributed by atoms with Crippen molar-refractivity contribution in [3.63, 3.8) is 0 Å². The largest absolute Gasteiger partial charge is 0.339 e. The molecule has 1 amide bonds. The van der Waals surface area contributed by atoms with Gasteiger partial charge < -0.3 is 4.90 Å². The molecule has 0 N–H and O–H groups in total. The van der Waals surface area contributed by atoms with Crippen LogP contribution < -0.4 is 0 Å². The van der Waals surface area contributed by atoms with Crippen molar-refractivity contribution >= 4 is 17.7 Å². The van der Waals surface area contributed by atoms with Crippen molar-refractivity contribution in [2.24, 2.45) is 0 Å². The van der Waals surface area contributed by atoms with E-state index >= 15 is 0 Å². The number of hydrogen-bond donors (Lipinski definition) is 0. The van der Waals surface area contributed by atoms with E-state index in [2.05, 4.69) is 44.7 Å². The standard InChI is InChI=1S/C20H28N6OS/c1-16(28-20-21-22-23-26(20)18-9-5-6-10-18)19(27)25-13-11-24(12-14-25)15-17-7-3-2-4-8-17/h2-4,7-8,16,18H,5-6,9-15H2,1H3/t16-/m0/s1. The lowest BCUT2D eigenvalue weighted by Crippen LogP contribution is -2.50. The van der Waals surface area contributed by atoms with Gasteiger partial charge in [-0.2, -0.15) is 0 Å². The van der Waals surface area contributed by atoms with Gasteiger partial charge in [0.05, 0.1) is 11.3 Å². The van der Waals surface area contributed by atoms with Crippen LogP contribution in [0.15, 0.2) is 35.5 Å². The van der Waals surface area contributed by atoms with Gasteiger partial charge in [-0.15, -0.1) is 5.10 Å². The van der Waals surface area contributed by atoms with Crippen LogP contribution in [0.3, 0.4) is 0 Å². The van der Waals surface area contributed by atoms with Crippen LogP contribution in [0, 0.1) is 0 Å². The monoisotopic (exact) mass is 400 g/mol. The average molecular weight is 401 g/mol. The molecule has 2 aliphatic rings. The van der Waals surface area contributed by atoms with Crippen LogP contribution in [0.5, 0.6) is 0 Å². The third-order valence-corrected chi connectivity index (χ3v) is 6.73. The van der Waals surface area contributed by atoms with E-state index in [1.165, 1.54) is 30.2 Å². The number of carbonyl (C=O) groups excluding carboxylic acids is 1. The summed E-state index contributed by atoms with van der Waals surface area (Å²) in [6.07, 6.45) is 4.72. The number of rotatable bonds is 6. The summed E-state index contributed by atoms with van der Waals surface area (Å²) in [5.41, 5.74) is 1.32. The molecule has 1 aliphatic heterocycles. The second-order valence-electron chi connectivity index (χ2n) is 7.69. The molecule has 28 heavy (non-hydrogen) atoms. The normalized spacial score (nSPS) is 19.8. The molecule has 0 spiro atoms. The van der Waals surface area contributed by atoms with Gasteiger partial charge in [-0.1, -0.05) is 54.9 Å². The maximum Gasteiger partial charge on any atom is 0.235 e. The van der Waals surface area contributed by atoms with Crippen LogP contribution >= 0.6 is 11.8 Å². The van der Waals surface area contributed by atoms with E-state index < -0.39 is 0 Å². The summed E-state index contributed by atoms with van der Waals surface area (Å²) in [6, 6.07) is 10.9. The SMILES string of the molecule is C[C@H](Sc1nnnn1C1CCCC1)C(=O)N1CCN(Cc2ccccc2)CC1. The molecule has 1 aromatic heterocycles. The molecular weight excluding hydrogens is 372 g/mol. The summed E-state index contributed by atoms with van der Waals surface area (Å²) in [7, 11) is 0. The molecule has 8 heteroatoms. The first-order valence-electron chi connectivity index (χ1n) is 10.2.